The van der Waals surface area contributed by atoms with Gasteiger partial charge in [0.05, 0.1) is 15.4 Å². The molecule has 22 heavy (non-hydrogen) atoms. The minimum Gasteiger partial charge on any atom is -0.361 e. The fraction of sp³-hybridized carbons (Fsp3) is 0. The number of fused-ring (bicyclic) bond motifs is 1. The van der Waals surface area contributed by atoms with Crippen molar-refractivity contribution in [2.75, 3.05) is 5.32 Å². The van der Waals surface area contributed by atoms with Crippen molar-refractivity contribution in [3.63, 3.8) is 0 Å². The second-order valence-corrected chi connectivity index (χ2v) is 6.71. The van der Waals surface area contributed by atoms with Crippen molar-refractivity contribution in [2.24, 2.45) is 0 Å². The number of hydrogen-bond donors (Lipinski definition) is 2. The third-order valence-electron chi connectivity index (χ3n) is 3.49. The Kier molecular flexibility index (Phi) is 3.29. The highest BCUT2D eigenvalue weighted by Gasteiger charge is 2.14. The molecule has 0 bridgehead atoms. The van der Waals surface area contributed by atoms with Gasteiger partial charge in [-0.05, 0) is 29.0 Å². The molecule has 0 saturated heterocycles. The maximum absolute atomic E-state index is 12.3. The molecule has 0 saturated carbocycles. The number of carbonyl (C=O) groups excluding carboxylic acids is 1. The molecule has 0 aliphatic rings. The van der Waals surface area contributed by atoms with Gasteiger partial charge in [-0.1, -0.05) is 24.3 Å². The van der Waals surface area contributed by atoms with Gasteiger partial charge in [-0.3, -0.25) is 4.79 Å². The predicted molar refractivity (Wildman–Crippen MR) is 93.9 cm³/mol. The number of amides is 1. The number of carbonyl (C=O) groups is 1. The summed E-state index contributed by atoms with van der Waals surface area (Å²) in [4.78, 5) is 17.3. The number of rotatable bonds is 3. The number of anilines is 1. The summed E-state index contributed by atoms with van der Waals surface area (Å²) < 4.78 is 0. The van der Waals surface area contributed by atoms with Crippen molar-refractivity contribution in [3.8, 4) is 10.4 Å². The van der Waals surface area contributed by atoms with Crippen molar-refractivity contribution in [3.05, 3.63) is 64.3 Å². The molecule has 0 aliphatic carbocycles. The molecule has 3 aromatic heterocycles. The number of thiophene rings is 2. The summed E-state index contributed by atoms with van der Waals surface area (Å²) >= 11 is 3.07. The molecule has 4 aromatic rings. The first-order chi connectivity index (χ1) is 10.8. The quantitative estimate of drug-likeness (QED) is 0.534. The lowest BCUT2D eigenvalue weighted by Crippen LogP contribution is -2.09. The number of benzene rings is 1. The van der Waals surface area contributed by atoms with Gasteiger partial charge in [0.1, 0.15) is 0 Å². The van der Waals surface area contributed by atoms with Gasteiger partial charge in [0, 0.05) is 22.7 Å². The molecule has 1 amide bonds. The molecule has 5 heteroatoms. The van der Waals surface area contributed by atoms with E-state index in [1.54, 1.807) is 11.3 Å². The number of aromatic amines is 1. The summed E-state index contributed by atoms with van der Waals surface area (Å²) in [7, 11) is 0. The highest BCUT2D eigenvalue weighted by Crippen LogP contribution is 2.38. The first-order valence-corrected chi connectivity index (χ1v) is 8.58. The summed E-state index contributed by atoms with van der Waals surface area (Å²) in [6.45, 7) is 0. The molecule has 3 heterocycles. The van der Waals surface area contributed by atoms with E-state index in [0.29, 0.717) is 0 Å². The van der Waals surface area contributed by atoms with Gasteiger partial charge in [-0.15, -0.1) is 22.7 Å². The highest BCUT2D eigenvalue weighted by molar-refractivity contribution is 7.14. The first kappa shape index (κ1) is 13.3. The Morgan fingerprint density at radius 2 is 1.91 bits per heavy atom. The molecular weight excluding hydrogens is 312 g/mol. The Labute approximate surface area is 135 Å². The van der Waals surface area contributed by atoms with Crippen molar-refractivity contribution < 1.29 is 4.79 Å². The molecule has 2 N–H and O–H groups in total. The zero-order valence-corrected chi connectivity index (χ0v) is 13.1. The Balaban J connectivity index is 1.72. The lowest BCUT2D eigenvalue weighted by molar-refractivity contribution is 0.103. The van der Waals surface area contributed by atoms with Crippen LogP contribution in [-0.4, -0.2) is 10.9 Å². The van der Waals surface area contributed by atoms with E-state index >= 15 is 0 Å². The van der Waals surface area contributed by atoms with Gasteiger partial charge >= 0.3 is 0 Å². The summed E-state index contributed by atoms with van der Waals surface area (Å²) in [6.07, 6.45) is 2.00. The van der Waals surface area contributed by atoms with E-state index in [9.17, 15) is 4.79 Å². The molecule has 0 unspecified atom stereocenters. The van der Waals surface area contributed by atoms with Gasteiger partial charge in [-0.25, -0.2) is 0 Å². The fourth-order valence-corrected chi connectivity index (χ4v) is 3.97. The van der Waals surface area contributed by atoms with E-state index < -0.39 is 0 Å². The van der Waals surface area contributed by atoms with Gasteiger partial charge in [0.2, 0.25) is 0 Å². The lowest BCUT2D eigenvalue weighted by atomic mass is 10.1. The van der Waals surface area contributed by atoms with Crippen LogP contribution in [-0.2, 0) is 0 Å². The zero-order chi connectivity index (χ0) is 14.9. The minimum absolute atomic E-state index is 0.0607. The van der Waals surface area contributed by atoms with Crippen molar-refractivity contribution in [1.82, 2.24) is 4.98 Å². The second-order valence-electron chi connectivity index (χ2n) is 4.84. The third-order valence-corrected chi connectivity index (χ3v) is 5.31. The van der Waals surface area contributed by atoms with E-state index in [1.807, 2.05) is 47.3 Å². The van der Waals surface area contributed by atoms with E-state index in [0.717, 1.165) is 31.9 Å². The van der Waals surface area contributed by atoms with Crippen LogP contribution in [0.25, 0.3) is 21.3 Å². The largest absolute Gasteiger partial charge is 0.361 e. The lowest BCUT2D eigenvalue weighted by Gasteiger charge is -2.05. The molecule has 0 spiro atoms. The highest BCUT2D eigenvalue weighted by atomic mass is 32.1. The Morgan fingerprint density at radius 1 is 1.00 bits per heavy atom. The topological polar surface area (TPSA) is 44.9 Å². The van der Waals surface area contributed by atoms with Crippen LogP contribution in [0.3, 0.4) is 0 Å². The molecule has 108 valence electrons. The number of hydrogen-bond acceptors (Lipinski definition) is 3. The number of H-pyrrole nitrogens is 1. The summed E-state index contributed by atoms with van der Waals surface area (Å²) in [5, 5.41) is 8.08. The molecule has 1 aromatic carbocycles. The number of aromatic nitrogens is 1. The van der Waals surface area contributed by atoms with Gasteiger partial charge in [0.15, 0.2) is 0 Å². The van der Waals surface area contributed by atoms with Crippen LogP contribution in [0.4, 0.5) is 5.69 Å². The van der Waals surface area contributed by atoms with Crippen LogP contribution in [0.1, 0.15) is 9.67 Å². The average molecular weight is 324 g/mol. The monoisotopic (exact) mass is 324 g/mol. The van der Waals surface area contributed by atoms with Crippen molar-refractivity contribution in [2.45, 2.75) is 0 Å². The second kappa shape index (κ2) is 5.44. The SMILES string of the molecule is O=C(Nc1ccsc1-c1c[nH]c2ccccc12)c1cccs1. The summed E-state index contributed by atoms with van der Waals surface area (Å²) in [5.74, 6) is -0.0607. The molecule has 4 rings (SSSR count). The number of nitrogens with one attached hydrogen (secondary N) is 2. The Bertz CT molecular complexity index is 935. The van der Waals surface area contributed by atoms with Crippen molar-refractivity contribution in [1.29, 1.82) is 0 Å². The standard InChI is InChI=1S/C17H12N2OS2/c20-17(15-6-3-8-21-15)19-14-7-9-22-16(14)12-10-18-13-5-2-1-4-11(12)13/h1-10,18H,(H,19,20). The van der Waals surface area contributed by atoms with Crippen LogP contribution >= 0.6 is 22.7 Å². The molecule has 0 atom stereocenters. The normalized spacial score (nSPS) is 10.9. The van der Waals surface area contributed by atoms with E-state index in [-0.39, 0.29) is 5.91 Å². The minimum atomic E-state index is -0.0607. The van der Waals surface area contributed by atoms with E-state index in [2.05, 4.69) is 22.4 Å². The number of para-hydroxylation sites is 1. The van der Waals surface area contributed by atoms with E-state index in [4.69, 9.17) is 0 Å². The van der Waals surface area contributed by atoms with Gasteiger partial charge in [-0.2, -0.15) is 0 Å². The first-order valence-electron chi connectivity index (χ1n) is 6.82. The fourth-order valence-electron chi connectivity index (χ4n) is 2.47. The molecule has 0 fully saturated rings. The predicted octanol–water partition coefficient (Wildman–Crippen LogP) is 5.21. The van der Waals surface area contributed by atoms with Crippen LogP contribution in [0.2, 0.25) is 0 Å². The average Bonchev–Trinajstić information content (AvgIpc) is 3.27. The molecular formula is C17H12N2OS2. The van der Waals surface area contributed by atoms with Crippen LogP contribution < -0.4 is 5.32 Å². The summed E-state index contributed by atoms with van der Waals surface area (Å²) in [5.41, 5.74) is 3.07. The van der Waals surface area contributed by atoms with Crippen LogP contribution in [0.5, 0.6) is 0 Å². The summed E-state index contributed by atoms with van der Waals surface area (Å²) in [6, 6.07) is 13.8. The zero-order valence-electron chi connectivity index (χ0n) is 11.5. The van der Waals surface area contributed by atoms with Crippen LogP contribution in [0.15, 0.2) is 59.4 Å². The van der Waals surface area contributed by atoms with Gasteiger partial charge < -0.3 is 10.3 Å². The van der Waals surface area contributed by atoms with Crippen LogP contribution in [0, 0.1) is 0 Å². The maximum Gasteiger partial charge on any atom is 0.265 e. The maximum atomic E-state index is 12.3. The molecule has 3 nitrogen and oxygen atoms in total. The molecule has 0 radical (unpaired) electrons. The Morgan fingerprint density at radius 3 is 2.77 bits per heavy atom. The van der Waals surface area contributed by atoms with Crippen molar-refractivity contribution >= 4 is 45.2 Å². The Hall–Kier alpha value is -2.37. The van der Waals surface area contributed by atoms with Gasteiger partial charge in [0.25, 0.3) is 5.91 Å². The smallest absolute Gasteiger partial charge is 0.265 e. The van der Waals surface area contributed by atoms with E-state index in [1.165, 1.54) is 11.3 Å². The third kappa shape index (κ3) is 2.24. The molecule has 0 aliphatic heterocycles.